The van der Waals surface area contributed by atoms with E-state index in [-0.39, 0.29) is 12.3 Å². The zero-order chi connectivity index (χ0) is 19.4. The summed E-state index contributed by atoms with van der Waals surface area (Å²) in [6.45, 7) is 1.92. The Hall–Kier alpha value is -3.68. The SMILES string of the molecule is COc1cc(/C=C2\C(=O)ON=C2C)ccc1OCc1ccc([N+](=O)[O-])cc1. The van der Waals surface area contributed by atoms with Crippen molar-refractivity contribution in [2.45, 2.75) is 13.5 Å². The zero-order valence-corrected chi connectivity index (χ0v) is 14.7. The summed E-state index contributed by atoms with van der Waals surface area (Å²) in [4.78, 5) is 26.5. The van der Waals surface area contributed by atoms with E-state index in [2.05, 4.69) is 9.99 Å². The van der Waals surface area contributed by atoms with Gasteiger partial charge in [0.25, 0.3) is 5.69 Å². The van der Waals surface area contributed by atoms with Crippen LogP contribution < -0.4 is 9.47 Å². The van der Waals surface area contributed by atoms with E-state index in [1.165, 1.54) is 19.2 Å². The molecule has 0 atom stereocenters. The molecule has 0 unspecified atom stereocenters. The number of rotatable bonds is 6. The van der Waals surface area contributed by atoms with Gasteiger partial charge in [-0.2, -0.15) is 0 Å². The number of hydrogen-bond acceptors (Lipinski definition) is 7. The van der Waals surface area contributed by atoms with E-state index in [1.807, 2.05) is 0 Å². The Morgan fingerprint density at radius 1 is 1.19 bits per heavy atom. The molecule has 0 bridgehead atoms. The average Bonchev–Trinajstić information content (AvgIpc) is 2.99. The van der Waals surface area contributed by atoms with Crippen molar-refractivity contribution in [2.24, 2.45) is 5.16 Å². The van der Waals surface area contributed by atoms with Gasteiger partial charge in [-0.3, -0.25) is 10.1 Å². The summed E-state index contributed by atoms with van der Waals surface area (Å²) >= 11 is 0. The van der Waals surface area contributed by atoms with Crippen LogP contribution in [0.1, 0.15) is 18.1 Å². The molecule has 1 aliphatic heterocycles. The Morgan fingerprint density at radius 3 is 2.52 bits per heavy atom. The highest BCUT2D eigenvalue weighted by Crippen LogP contribution is 2.30. The van der Waals surface area contributed by atoms with Crippen LogP contribution in [0.4, 0.5) is 5.69 Å². The van der Waals surface area contributed by atoms with Crippen LogP contribution in [-0.4, -0.2) is 23.7 Å². The van der Waals surface area contributed by atoms with Crippen LogP contribution in [-0.2, 0) is 16.2 Å². The van der Waals surface area contributed by atoms with Crippen LogP contribution in [0.3, 0.4) is 0 Å². The molecule has 2 aromatic carbocycles. The molecule has 0 radical (unpaired) electrons. The molecule has 0 aliphatic carbocycles. The van der Waals surface area contributed by atoms with Crippen molar-refractivity contribution in [3.63, 3.8) is 0 Å². The van der Waals surface area contributed by atoms with E-state index in [0.717, 1.165) is 11.1 Å². The monoisotopic (exact) mass is 368 g/mol. The van der Waals surface area contributed by atoms with Crippen molar-refractivity contribution in [2.75, 3.05) is 7.11 Å². The lowest BCUT2D eigenvalue weighted by atomic mass is 10.1. The van der Waals surface area contributed by atoms with Gasteiger partial charge in [-0.25, -0.2) is 4.79 Å². The number of nitro groups is 1. The van der Waals surface area contributed by atoms with Crippen LogP contribution in [0.2, 0.25) is 0 Å². The summed E-state index contributed by atoms with van der Waals surface area (Å²) in [5.74, 6) is 0.509. The first-order valence-corrected chi connectivity index (χ1v) is 8.00. The fraction of sp³-hybridized carbons (Fsp3) is 0.158. The lowest BCUT2D eigenvalue weighted by Gasteiger charge is -2.11. The quantitative estimate of drug-likeness (QED) is 0.335. The van der Waals surface area contributed by atoms with E-state index in [0.29, 0.717) is 22.8 Å². The first-order valence-electron chi connectivity index (χ1n) is 8.00. The number of oxime groups is 1. The predicted molar refractivity (Wildman–Crippen MR) is 97.6 cm³/mol. The topological polar surface area (TPSA) is 100 Å². The maximum absolute atomic E-state index is 11.6. The number of benzene rings is 2. The van der Waals surface area contributed by atoms with Gasteiger partial charge >= 0.3 is 5.97 Å². The molecule has 3 rings (SSSR count). The summed E-state index contributed by atoms with van der Waals surface area (Å²) in [7, 11) is 1.52. The van der Waals surface area contributed by atoms with E-state index < -0.39 is 10.9 Å². The van der Waals surface area contributed by atoms with Crippen molar-refractivity contribution in [1.29, 1.82) is 0 Å². The number of ether oxygens (including phenoxy) is 2. The van der Waals surface area contributed by atoms with E-state index in [1.54, 1.807) is 43.3 Å². The lowest BCUT2D eigenvalue weighted by Crippen LogP contribution is -2.02. The Balaban J connectivity index is 1.75. The van der Waals surface area contributed by atoms with Gasteiger partial charge in [-0.15, -0.1) is 0 Å². The first-order chi connectivity index (χ1) is 13.0. The minimum absolute atomic E-state index is 0.0259. The van der Waals surface area contributed by atoms with Crippen molar-refractivity contribution in [3.05, 3.63) is 69.3 Å². The van der Waals surface area contributed by atoms with Crippen LogP contribution in [0.15, 0.2) is 53.2 Å². The van der Waals surface area contributed by atoms with E-state index in [4.69, 9.17) is 9.47 Å². The highest BCUT2D eigenvalue weighted by molar-refractivity contribution is 6.24. The molecular weight excluding hydrogens is 352 g/mol. The minimum Gasteiger partial charge on any atom is -0.493 e. The molecule has 0 aromatic heterocycles. The first kappa shape index (κ1) is 18.1. The van der Waals surface area contributed by atoms with Gasteiger partial charge in [0.1, 0.15) is 6.61 Å². The molecule has 0 spiro atoms. The fourth-order valence-electron chi connectivity index (χ4n) is 2.45. The molecule has 0 saturated heterocycles. The number of nitro benzene ring substituents is 1. The average molecular weight is 368 g/mol. The molecule has 27 heavy (non-hydrogen) atoms. The molecule has 0 fully saturated rings. The standard InChI is InChI=1S/C19H16N2O6/c1-12-16(19(22)27-20-12)9-14-5-8-17(18(10-14)25-2)26-11-13-3-6-15(7-4-13)21(23)24/h3-10H,11H2,1-2H3/b16-9-. The highest BCUT2D eigenvalue weighted by Gasteiger charge is 2.21. The van der Waals surface area contributed by atoms with Gasteiger partial charge in [0.15, 0.2) is 11.5 Å². The van der Waals surface area contributed by atoms with Gasteiger partial charge in [-0.1, -0.05) is 11.2 Å². The summed E-state index contributed by atoms with van der Waals surface area (Å²) in [5, 5.41) is 14.3. The maximum atomic E-state index is 11.6. The van der Waals surface area contributed by atoms with Gasteiger partial charge in [0.2, 0.25) is 0 Å². The van der Waals surface area contributed by atoms with Crippen LogP contribution in [0, 0.1) is 10.1 Å². The third-order valence-corrected chi connectivity index (χ3v) is 3.92. The van der Waals surface area contributed by atoms with Crippen LogP contribution in [0.25, 0.3) is 6.08 Å². The Kier molecular flexibility index (Phi) is 5.16. The second kappa shape index (κ2) is 7.69. The lowest BCUT2D eigenvalue weighted by molar-refractivity contribution is -0.384. The second-order valence-electron chi connectivity index (χ2n) is 5.74. The number of carbonyl (C=O) groups is 1. The zero-order valence-electron chi connectivity index (χ0n) is 14.7. The normalized spacial score (nSPS) is 14.7. The van der Waals surface area contributed by atoms with Crippen molar-refractivity contribution in [3.8, 4) is 11.5 Å². The van der Waals surface area contributed by atoms with Crippen molar-refractivity contribution in [1.82, 2.24) is 0 Å². The largest absolute Gasteiger partial charge is 0.493 e. The minimum atomic E-state index is -0.495. The molecule has 8 heteroatoms. The molecule has 1 heterocycles. The van der Waals surface area contributed by atoms with Crippen molar-refractivity contribution < 1.29 is 24.0 Å². The molecule has 0 amide bonds. The molecular formula is C19H16N2O6. The van der Waals surface area contributed by atoms with Gasteiger partial charge in [0, 0.05) is 12.1 Å². The summed E-state index contributed by atoms with van der Waals surface area (Å²) in [6.07, 6.45) is 1.66. The number of non-ortho nitro benzene ring substituents is 1. The number of nitrogens with zero attached hydrogens (tertiary/aromatic N) is 2. The second-order valence-corrected chi connectivity index (χ2v) is 5.74. The smallest absolute Gasteiger partial charge is 0.367 e. The molecule has 0 saturated carbocycles. The molecule has 2 aromatic rings. The number of carbonyl (C=O) groups excluding carboxylic acids is 1. The molecule has 0 N–H and O–H groups in total. The fourth-order valence-corrected chi connectivity index (χ4v) is 2.45. The Morgan fingerprint density at radius 2 is 1.93 bits per heavy atom. The summed E-state index contributed by atoms with van der Waals surface area (Å²) in [5.41, 5.74) is 2.44. The molecule has 8 nitrogen and oxygen atoms in total. The van der Waals surface area contributed by atoms with Crippen LogP contribution >= 0.6 is 0 Å². The van der Waals surface area contributed by atoms with E-state index >= 15 is 0 Å². The Bertz CT molecular complexity index is 947. The van der Waals surface area contributed by atoms with Crippen LogP contribution in [0.5, 0.6) is 11.5 Å². The third kappa shape index (κ3) is 4.12. The summed E-state index contributed by atoms with van der Waals surface area (Å²) in [6, 6.07) is 11.4. The third-order valence-electron chi connectivity index (χ3n) is 3.92. The number of methoxy groups -OCH3 is 1. The van der Waals surface area contributed by atoms with E-state index in [9.17, 15) is 14.9 Å². The maximum Gasteiger partial charge on any atom is 0.367 e. The van der Waals surface area contributed by atoms with Gasteiger partial charge in [0.05, 0.1) is 23.3 Å². The van der Waals surface area contributed by atoms with Gasteiger partial charge in [-0.05, 0) is 48.4 Å². The van der Waals surface area contributed by atoms with Gasteiger partial charge < -0.3 is 14.3 Å². The Labute approximate surface area is 154 Å². The molecule has 138 valence electrons. The predicted octanol–water partition coefficient (Wildman–Crippen LogP) is 3.50. The summed E-state index contributed by atoms with van der Waals surface area (Å²) < 4.78 is 11.1. The molecule has 1 aliphatic rings. The highest BCUT2D eigenvalue weighted by atomic mass is 16.7. The number of hydrogen-bond donors (Lipinski definition) is 0. The van der Waals surface area contributed by atoms with Crippen molar-refractivity contribution >= 4 is 23.4 Å².